The zero-order valence-electron chi connectivity index (χ0n) is 32.2. The van der Waals surface area contributed by atoms with Crippen molar-refractivity contribution in [2.24, 2.45) is 5.73 Å². The smallest absolute Gasteiger partial charge is 0.255 e. The minimum absolute atomic E-state index is 0.300. The van der Waals surface area contributed by atoms with Crippen LogP contribution in [0, 0.1) is 0 Å². The molecule has 10 rings (SSSR count). The zero-order chi connectivity index (χ0) is 40.6. The second kappa shape index (κ2) is 15.2. The van der Waals surface area contributed by atoms with E-state index in [-0.39, 0.29) is 5.91 Å². The molecule has 0 radical (unpaired) electrons. The van der Waals surface area contributed by atoms with Crippen molar-refractivity contribution in [2.75, 3.05) is 5.32 Å². The fourth-order valence-corrected chi connectivity index (χ4v) is 7.94. The molecule has 2 amide bonds. The molecule has 286 valence electrons. The zero-order valence-corrected chi connectivity index (χ0v) is 32.2. The number of hydrogen-bond acceptors (Lipinski definition) is 4. The number of primary amides is 1. The van der Waals surface area contributed by atoms with E-state index in [4.69, 9.17) is 15.7 Å². The third-order valence-electron chi connectivity index (χ3n) is 10.8. The van der Waals surface area contributed by atoms with Crippen LogP contribution in [-0.4, -0.2) is 31.8 Å². The molecule has 0 spiro atoms. The van der Waals surface area contributed by atoms with Crippen molar-refractivity contribution >= 4 is 63.9 Å². The van der Waals surface area contributed by atoms with Crippen molar-refractivity contribution in [3.05, 3.63) is 198 Å². The second-order valence-electron chi connectivity index (χ2n) is 14.6. The molecule has 0 atom stereocenters. The van der Waals surface area contributed by atoms with Gasteiger partial charge in [0.15, 0.2) is 0 Å². The summed E-state index contributed by atoms with van der Waals surface area (Å²) >= 11 is 0. The Morgan fingerprint density at radius 1 is 0.400 bits per heavy atom. The molecule has 8 bridgehead atoms. The van der Waals surface area contributed by atoms with Crippen molar-refractivity contribution in [1.82, 2.24) is 19.9 Å². The molecular formula is C52H36N6O2. The molecule has 0 unspecified atom stereocenters. The van der Waals surface area contributed by atoms with Crippen LogP contribution >= 0.6 is 0 Å². The number of nitrogens with two attached hydrogens (primary N) is 1. The molecule has 2 aliphatic heterocycles. The summed E-state index contributed by atoms with van der Waals surface area (Å²) < 4.78 is 0. The maximum atomic E-state index is 13.2. The van der Waals surface area contributed by atoms with Gasteiger partial charge in [-0.05, 0) is 107 Å². The number of H-pyrrole nitrogens is 2. The van der Waals surface area contributed by atoms with Crippen molar-refractivity contribution in [3.8, 4) is 44.5 Å². The predicted octanol–water partition coefficient (Wildman–Crippen LogP) is 11.7. The monoisotopic (exact) mass is 776 g/mol. The molecule has 0 saturated heterocycles. The standard InChI is InChI=1S/C52H36N6O2/c53-51(59)36-16-18-37(19-17-36)52(60)54-38-22-20-35(21-23-38)50-45-30-28-43(57-45)48(33-12-6-2-7-13-33)41-26-24-39(55-41)47(32-10-4-1-5-11-32)40-25-27-42(56-40)49(34-14-8-3-9-15-34)44-29-31-46(50)58-44/h1-31,55,58H,(H2,53,59)(H,54,60). The van der Waals surface area contributed by atoms with Gasteiger partial charge in [0.1, 0.15) is 0 Å². The lowest BCUT2D eigenvalue weighted by Crippen LogP contribution is -2.14. The van der Waals surface area contributed by atoms with Crippen LogP contribution in [0.3, 0.4) is 0 Å². The van der Waals surface area contributed by atoms with Gasteiger partial charge in [-0.15, -0.1) is 0 Å². The van der Waals surface area contributed by atoms with E-state index in [9.17, 15) is 9.59 Å². The average molecular weight is 777 g/mol. The molecule has 5 heterocycles. The molecule has 2 aliphatic rings. The lowest BCUT2D eigenvalue weighted by Gasteiger charge is -2.09. The molecular weight excluding hydrogens is 741 g/mol. The molecule has 0 aliphatic carbocycles. The topological polar surface area (TPSA) is 130 Å². The highest BCUT2D eigenvalue weighted by atomic mass is 16.2. The van der Waals surface area contributed by atoms with Crippen LogP contribution in [0.1, 0.15) is 43.5 Å². The van der Waals surface area contributed by atoms with Crippen LogP contribution in [0.15, 0.2) is 164 Å². The van der Waals surface area contributed by atoms with Crippen LogP contribution in [0.2, 0.25) is 0 Å². The van der Waals surface area contributed by atoms with Gasteiger partial charge in [0.05, 0.1) is 22.8 Å². The lowest BCUT2D eigenvalue weighted by molar-refractivity contribution is 0.0995. The van der Waals surface area contributed by atoms with Gasteiger partial charge in [0.2, 0.25) is 5.91 Å². The quantitative estimate of drug-likeness (QED) is 0.128. The molecule has 0 saturated carbocycles. The number of aromatic nitrogens is 4. The highest BCUT2D eigenvalue weighted by molar-refractivity contribution is 6.05. The van der Waals surface area contributed by atoms with E-state index in [0.29, 0.717) is 16.8 Å². The maximum absolute atomic E-state index is 13.2. The number of benzene rings is 5. The molecule has 8 aromatic rings. The SMILES string of the molecule is NC(=O)c1ccc(C(=O)Nc2ccc(-c3c4nc(c(-c5ccccc5)c5ccc([nH]5)c(-c5ccccc5)c5nc(c(-c6ccccc6)c6ccc3[nH]6)C=C5)C=C4)cc2)cc1. The van der Waals surface area contributed by atoms with Crippen molar-refractivity contribution in [1.29, 1.82) is 0 Å². The summed E-state index contributed by atoms with van der Waals surface area (Å²) in [6.45, 7) is 0. The number of aromatic amines is 2. The summed E-state index contributed by atoms with van der Waals surface area (Å²) in [4.78, 5) is 43.0. The number of carbonyl (C=O) groups excluding carboxylic acids is 2. The number of rotatable bonds is 7. The number of fused-ring (bicyclic) bond motifs is 8. The highest BCUT2D eigenvalue weighted by Crippen LogP contribution is 2.38. The van der Waals surface area contributed by atoms with Gasteiger partial charge in [-0.1, -0.05) is 103 Å². The van der Waals surface area contributed by atoms with E-state index in [2.05, 4.69) is 112 Å². The molecule has 5 N–H and O–H groups in total. The Morgan fingerprint density at radius 2 is 0.733 bits per heavy atom. The summed E-state index contributed by atoms with van der Waals surface area (Å²) in [5.74, 6) is -0.847. The highest BCUT2D eigenvalue weighted by Gasteiger charge is 2.19. The van der Waals surface area contributed by atoms with Crippen LogP contribution in [0.25, 0.3) is 90.9 Å². The Bertz CT molecular complexity index is 3150. The maximum Gasteiger partial charge on any atom is 0.255 e. The van der Waals surface area contributed by atoms with E-state index in [1.165, 1.54) is 0 Å². The molecule has 3 aromatic heterocycles. The number of hydrogen-bond donors (Lipinski definition) is 4. The second-order valence-corrected chi connectivity index (χ2v) is 14.6. The first-order chi connectivity index (χ1) is 29.5. The molecule has 8 nitrogen and oxygen atoms in total. The Kier molecular flexibility index (Phi) is 9.12. The Labute approximate surface area is 345 Å². The molecule has 5 aromatic carbocycles. The Morgan fingerprint density at radius 3 is 1.08 bits per heavy atom. The third kappa shape index (κ3) is 6.78. The lowest BCUT2D eigenvalue weighted by atomic mass is 10.0. The van der Waals surface area contributed by atoms with Gasteiger partial charge in [-0.3, -0.25) is 9.59 Å². The van der Waals surface area contributed by atoms with Crippen LogP contribution < -0.4 is 11.1 Å². The first-order valence-electron chi connectivity index (χ1n) is 19.6. The van der Waals surface area contributed by atoms with Gasteiger partial charge in [-0.25, -0.2) is 9.97 Å². The van der Waals surface area contributed by atoms with Crippen LogP contribution in [0.5, 0.6) is 0 Å². The minimum atomic E-state index is -0.547. The number of anilines is 1. The summed E-state index contributed by atoms with van der Waals surface area (Å²) in [5, 5.41) is 2.97. The van der Waals surface area contributed by atoms with Crippen molar-refractivity contribution in [3.63, 3.8) is 0 Å². The van der Waals surface area contributed by atoms with E-state index in [1.54, 1.807) is 24.3 Å². The molecule has 0 fully saturated rings. The molecule has 8 heteroatoms. The Balaban J connectivity index is 1.22. The van der Waals surface area contributed by atoms with Crippen molar-refractivity contribution < 1.29 is 9.59 Å². The van der Waals surface area contributed by atoms with E-state index in [1.807, 2.05) is 66.7 Å². The van der Waals surface area contributed by atoms with E-state index >= 15 is 0 Å². The van der Waals surface area contributed by atoms with Crippen molar-refractivity contribution in [2.45, 2.75) is 0 Å². The predicted molar refractivity (Wildman–Crippen MR) is 244 cm³/mol. The van der Waals surface area contributed by atoms with Gasteiger partial charge in [0, 0.05) is 61.1 Å². The summed E-state index contributed by atoms with van der Waals surface area (Å²) in [6, 6.07) is 53.5. The molecule has 60 heavy (non-hydrogen) atoms. The first-order valence-corrected chi connectivity index (χ1v) is 19.6. The fraction of sp³-hybridized carbons (Fsp3) is 0. The van der Waals surface area contributed by atoms with Gasteiger partial charge in [0.25, 0.3) is 5.91 Å². The number of carbonyl (C=O) groups is 2. The number of amides is 2. The first kappa shape index (κ1) is 36.0. The van der Waals surface area contributed by atoms with Crippen LogP contribution in [-0.2, 0) is 0 Å². The number of nitrogens with one attached hydrogen (secondary N) is 3. The van der Waals surface area contributed by atoms with Gasteiger partial charge in [-0.2, -0.15) is 0 Å². The largest absolute Gasteiger partial charge is 0.366 e. The van der Waals surface area contributed by atoms with E-state index in [0.717, 1.165) is 89.4 Å². The minimum Gasteiger partial charge on any atom is -0.366 e. The fourth-order valence-electron chi connectivity index (χ4n) is 7.94. The van der Waals surface area contributed by atoms with Crippen LogP contribution in [0.4, 0.5) is 5.69 Å². The Hall–Kier alpha value is -8.36. The average Bonchev–Trinajstić information content (AvgIpc) is 4.14. The van der Waals surface area contributed by atoms with Gasteiger partial charge < -0.3 is 21.0 Å². The third-order valence-corrected chi connectivity index (χ3v) is 10.8. The summed E-state index contributed by atoms with van der Waals surface area (Å²) in [7, 11) is 0. The summed E-state index contributed by atoms with van der Waals surface area (Å²) in [6.07, 6.45) is 8.34. The van der Waals surface area contributed by atoms with E-state index < -0.39 is 5.91 Å². The summed E-state index contributed by atoms with van der Waals surface area (Å²) in [5.41, 5.74) is 21.5. The number of nitrogens with zero attached hydrogens (tertiary/aromatic N) is 2. The normalized spacial score (nSPS) is 11.7. The van der Waals surface area contributed by atoms with Gasteiger partial charge >= 0.3 is 0 Å².